The summed E-state index contributed by atoms with van der Waals surface area (Å²) in [5, 5.41) is 2.48. The van der Waals surface area contributed by atoms with Gasteiger partial charge < -0.3 is 4.74 Å². The number of carbonyl (C=O) groups excluding carboxylic acids is 1. The highest BCUT2D eigenvalue weighted by Crippen LogP contribution is 2.16. The zero-order chi connectivity index (χ0) is 13.7. The van der Waals surface area contributed by atoms with Crippen molar-refractivity contribution in [2.75, 3.05) is 5.32 Å². The zero-order valence-corrected chi connectivity index (χ0v) is 12.1. The van der Waals surface area contributed by atoms with Crippen LogP contribution in [-0.4, -0.2) is 6.09 Å². The molecule has 0 atom stereocenters. The van der Waals surface area contributed by atoms with Gasteiger partial charge in [0.15, 0.2) is 0 Å². The molecule has 0 bridgehead atoms. The number of halogens is 2. The van der Waals surface area contributed by atoms with E-state index in [1.165, 1.54) is 6.07 Å². The predicted octanol–water partition coefficient (Wildman–Crippen LogP) is 4.18. The highest BCUT2D eigenvalue weighted by atomic mass is 127. The van der Waals surface area contributed by atoms with Gasteiger partial charge in [-0.15, -0.1) is 0 Å². The molecular formula is C14H11FINO2. The number of nitrogens with one attached hydrogen (secondary N) is 1. The Kier molecular flexibility index (Phi) is 4.73. The number of carbonyl (C=O) groups is 1. The van der Waals surface area contributed by atoms with Gasteiger partial charge >= 0.3 is 6.09 Å². The van der Waals surface area contributed by atoms with Crippen LogP contribution in [0.3, 0.4) is 0 Å². The minimum Gasteiger partial charge on any atom is -0.444 e. The molecule has 0 unspecified atom stereocenters. The summed E-state index contributed by atoms with van der Waals surface area (Å²) in [5.74, 6) is -0.374. The fourth-order valence-corrected chi connectivity index (χ4v) is 1.79. The van der Waals surface area contributed by atoms with Crippen LogP contribution in [0.4, 0.5) is 14.9 Å². The Hall–Kier alpha value is -1.63. The molecule has 98 valence electrons. The topological polar surface area (TPSA) is 38.3 Å². The van der Waals surface area contributed by atoms with Gasteiger partial charge in [-0.3, -0.25) is 5.32 Å². The molecule has 1 amide bonds. The number of ether oxygens (including phenoxy) is 1. The Morgan fingerprint density at radius 3 is 2.63 bits per heavy atom. The smallest absolute Gasteiger partial charge is 0.411 e. The van der Waals surface area contributed by atoms with Crippen LogP contribution < -0.4 is 5.32 Å². The molecule has 0 radical (unpaired) electrons. The molecule has 2 aromatic rings. The lowest BCUT2D eigenvalue weighted by atomic mass is 10.2. The van der Waals surface area contributed by atoms with Crippen molar-refractivity contribution in [2.24, 2.45) is 0 Å². The van der Waals surface area contributed by atoms with Crippen LogP contribution in [0, 0.1) is 9.39 Å². The molecule has 0 spiro atoms. The third-order valence-electron chi connectivity index (χ3n) is 2.38. The summed E-state index contributed by atoms with van der Waals surface area (Å²) in [7, 11) is 0. The predicted molar refractivity (Wildman–Crippen MR) is 79.4 cm³/mol. The molecule has 3 nitrogen and oxygen atoms in total. The van der Waals surface area contributed by atoms with Crippen LogP contribution >= 0.6 is 22.6 Å². The molecule has 5 heteroatoms. The van der Waals surface area contributed by atoms with E-state index in [-0.39, 0.29) is 12.4 Å². The SMILES string of the molecule is O=C(Nc1ccc(I)c(F)c1)OCc1ccccc1. The molecule has 0 aromatic heterocycles. The number of hydrogen-bond donors (Lipinski definition) is 1. The molecule has 0 fully saturated rings. The minimum atomic E-state index is -0.607. The van der Waals surface area contributed by atoms with Gasteiger partial charge in [0.25, 0.3) is 0 Å². The van der Waals surface area contributed by atoms with Crippen molar-refractivity contribution in [1.29, 1.82) is 0 Å². The third-order valence-corrected chi connectivity index (χ3v) is 3.25. The van der Waals surface area contributed by atoms with Gasteiger partial charge in [-0.2, -0.15) is 0 Å². The van der Waals surface area contributed by atoms with E-state index in [1.54, 1.807) is 12.1 Å². The van der Waals surface area contributed by atoms with E-state index < -0.39 is 6.09 Å². The Balaban J connectivity index is 1.89. The molecule has 0 saturated carbocycles. The summed E-state index contributed by atoms with van der Waals surface area (Å²) in [6, 6.07) is 13.8. The largest absolute Gasteiger partial charge is 0.444 e. The maximum Gasteiger partial charge on any atom is 0.411 e. The molecule has 0 aliphatic rings. The first-order valence-electron chi connectivity index (χ1n) is 5.58. The number of rotatable bonds is 3. The monoisotopic (exact) mass is 371 g/mol. The van der Waals surface area contributed by atoms with Crippen molar-refractivity contribution in [1.82, 2.24) is 0 Å². The fraction of sp³-hybridized carbons (Fsp3) is 0.0714. The Morgan fingerprint density at radius 2 is 1.95 bits per heavy atom. The van der Waals surface area contributed by atoms with Gasteiger partial charge in [-0.25, -0.2) is 9.18 Å². The number of amides is 1. The average Bonchev–Trinajstić information content (AvgIpc) is 2.42. The molecule has 19 heavy (non-hydrogen) atoms. The molecule has 0 aliphatic carbocycles. The van der Waals surface area contributed by atoms with E-state index in [4.69, 9.17) is 4.74 Å². The van der Waals surface area contributed by atoms with Crippen molar-refractivity contribution in [3.8, 4) is 0 Å². The second-order valence-electron chi connectivity index (χ2n) is 3.82. The molecule has 1 N–H and O–H groups in total. The molecule has 2 aromatic carbocycles. The van der Waals surface area contributed by atoms with Gasteiger partial charge in [0, 0.05) is 9.26 Å². The van der Waals surface area contributed by atoms with Crippen molar-refractivity contribution < 1.29 is 13.9 Å². The fourth-order valence-electron chi connectivity index (χ4n) is 1.45. The first-order chi connectivity index (χ1) is 9.15. The van der Waals surface area contributed by atoms with Gasteiger partial charge in [0.1, 0.15) is 12.4 Å². The highest BCUT2D eigenvalue weighted by molar-refractivity contribution is 14.1. The Labute approximate surface area is 123 Å². The van der Waals surface area contributed by atoms with Crippen LogP contribution in [-0.2, 0) is 11.3 Å². The molecule has 2 rings (SSSR count). The maximum absolute atomic E-state index is 13.3. The van der Waals surface area contributed by atoms with Gasteiger partial charge in [-0.1, -0.05) is 30.3 Å². The summed E-state index contributed by atoms with van der Waals surface area (Å²) in [6.45, 7) is 0.180. The third kappa shape index (κ3) is 4.20. The lowest BCUT2D eigenvalue weighted by Crippen LogP contribution is -2.13. The van der Waals surface area contributed by atoms with Crippen molar-refractivity contribution >= 4 is 34.4 Å². The number of benzene rings is 2. The average molecular weight is 371 g/mol. The first kappa shape index (κ1) is 13.8. The second-order valence-corrected chi connectivity index (χ2v) is 4.98. The second kappa shape index (κ2) is 6.51. The Bertz CT molecular complexity index is 575. The summed E-state index contributed by atoms with van der Waals surface area (Å²) in [5.41, 5.74) is 1.27. The summed E-state index contributed by atoms with van der Waals surface area (Å²) in [6.07, 6.45) is -0.607. The van der Waals surface area contributed by atoms with E-state index in [0.717, 1.165) is 5.56 Å². The van der Waals surface area contributed by atoms with Crippen molar-refractivity contribution in [2.45, 2.75) is 6.61 Å². The van der Waals surface area contributed by atoms with Gasteiger partial charge in [0.05, 0.1) is 0 Å². The van der Waals surface area contributed by atoms with Crippen LogP contribution in [0.2, 0.25) is 0 Å². The van der Waals surface area contributed by atoms with E-state index >= 15 is 0 Å². The summed E-state index contributed by atoms with van der Waals surface area (Å²) in [4.78, 5) is 11.5. The number of hydrogen-bond acceptors (Lipinski definition) is 2. The van der Waals surface area contributed by atoms with Crippen molar-refractivity contribution in [3.63, 3.8) is 0 Å². The number of anilines is 1. The summed E-state index contributed by atoms with van der Waals surface area (Å²) >= 11 is 1.88. The molecule has 0 aliphatic heterocycles. The summed E-state index contributed by atoms with van der Waals surface area (Å²) < 4.78 is 18.8. The minimum absolute atomic E-state index is 0.180. The van der Waals surface area contributed by atoms with Crippen LogP contribution in [0.25, 0.3) is 0 Å². The van der Waals surface area contributed by atoms with Gasteiger partial charge in [-0.05, 0) is 46.4 Å². The maximum atomic E-state index is 13.3. The first-order valence-corrected chi connectivity index (χ1v) is 6.66. The molecule has 0 heterocycles. The van der Waals surface area contributed by atoms with Gasteiger partial charge in [0.2, 0.25) is 0 Å². The van der Waals surface area contributed by atoms with Crippen LogP contribution in [0.1, 0.15) is 5.56 Å². The Morgan fingerprint density at radius 1 is 1.21 bits per heavy atom. The molecule has 0 saturated heterocycles. The van der Waals surface area contributed by atoms with E-state index in [9.17, 15) is 9.18 Å². The quantitative estimate of drug-likeness (QED) is 0.823. The van der Waals surface area contributed by atoms with Crippen LogP contribution in [0.5, 0.6) is 0 Å². The van der Waals surface area contributed by atoms with E-state index in [2.05, 4.69) is 5.32 Å². The van der Waals surface area contributed by atoms with E-state index in [0.29, 0.717) is 9.26 Å². The molecular weight excluding hydrogens is 360 g/mol. The van der Waals surface area contributed by atoms with Crippen LogP contribution in [0.15, 0.2) is 48.5 Å². The zero-order valence-electron chi connectivity index (χ0n) is 9.90. The van der Waals surface area contributed by atoms with E-state index in [1.807, 2.05) is 52.9 Å². The van der Waals surface area contributed by atoms with Crippen molar-refractivity contribution in [3.05, 3.63) is 63.5 Å². The lowest BCUT2D eigenvalue weighted by molar-refractivity contribution is 0.155. The lowest BCUT2D eigenvalue weighted by Gasteiger charge is -2.07. The normalized spacial score (nSPS) is 10.0. The highest BCUT2D eigenvalue weighted by Gasteiger charge is 2.06. The standard InChI is InChI=1S/C14H11FINO2/c15-12-8-11(6-7-13(12)16)17-14(18)19-9-10-4-2-1-3-5-10/h1-8H,9H2,(H,17,18).